The number of halogens is 1. The predicted molar refractivity (Wildman–Crippen MR) is 62.6 cm³/mol. The molecule has 0 spiro atoms. The number of amides is 1. The highest BCUT2D eigenvalue weighted by Gasteiger charge is 2.16. The van der Waals surface area contributed by atoms with E-state index >= 15 is 0 Å². The third kappa shape index (κ3) is 5.32. The Morgan fingerprint density at radius 3 is 2.44 bits per heavy atom. The van der Waals surface area contributed by atoms with Crippen molar-refractivity contribution in [2.45, 2.75) is 19.8 Å². The number of nitrogens with one attached hydrogen (secondary N) is 1. The highest BCUT2D eigenvalue weighted by atomic mass is 35.5. The van der Waals surface area contributed by atoms with Gasteiger partial charge in [-0.05, 0) is 6.92 Å². The van der Waals surface area contributed by atoms with Gasteiger partial charge in [-0.15, -0.1) is 12.4 Å². The first kappa shape index (κ1) is 15.2. The largest absolute Gasteiger partial charge is 0.466 e. The molecular weight excluding hydrogens is 232 g/mol. The van der Waals surface area contributed by atoms with Crippen molar-refractivity contribution >= 4 is 24.3 Å². The second kappa shape index (κ2) is 8.35. The minimum Gasteiger partial charge on any atom is -0.466 e. The van der Waals surface area contributed by atoms with Gasteiger partial charge in [0.2, 0.25) is 5.91 Å². The molecule has 1 fully saturated rings. The van der Waals surface area contributed by atoms with E-state index < -0.39 is 0 Å². The molecule has 94 valence electrons. The van der Waals surface area contributed by atoms with Crippen LogP contribution in [0.4, 0.5) is 0 Å². The van der Waals surface area contributed by atoms with Crippen molar-refractivity contribution in [1.29, 1.82) is 0 Å². The van der Waals surface area contributed by atoms with Gasteiger partial charge in [-0.25, -0.2) is 0 Å². The Morgan fingerprint density at radius 1 is 1.25 bits per heavy atom. The maximum atomic E-state index is 11.6. The van der Waals surface area contributed by atoms with E-state index in [1.165, 1.54) is 0 Å². The van der Waals surface area contributed by atoms with E-state index in [9.17, 15) is 9.59 Å². The molecule has 0 aromatic rings. The molecule has 0 aromatic heterocycles. The van der Waals surface area contributed by atoms with Crippen molar-refractivity contribution in [2.75, 3.05) is 32.8 Å². The lowest BCUT2D eigenvalue weighted by molar-refractivity contribution is -0.145. The summed E-state index contributed by atoms with van der Waals surface area (Å²) < 4.78 is 4.76. The van der Waals surface area contributed by atoms with Gasteiger partial charge in [-0.2, -0.15) is 0 Å². The average Bonchev–Trinajstić information content (AvgIpc) is 2.27. The zero-order chi connectivity index (χ0) is 11.1. The van der Waals surface area contributed by atoms with E-state index in [-0.39, 0.29) is 37.1 Å². The lowest BCUT2D eigenvalue weighted by atomic mass is 10.2. The van der Waals surface area contributed by atoms with E-state index in [0.717, 1.165) is 26.2 Å². The first-order chi connectivity index (χ1) is 7.24. The number of esters is 1. The fourth-order valence-electron chi connectivity index (χ4n) is 1.51. The molecule has 1 aliphatic heterocycles. The van der Waals surface area contributed by atoms with E-state index in [1.54, 1.807) is 11.8 Å². The minimum atomic E-state index is -0.291. The Hall–Kier alpha value is -0.810. The quantitative estimate of drug-likeness (QED) is 0.724. The summed E-state index contributed by atoms with van der Waals surface area (Å²) in [5.41, 5.74) is 0. The van der Waals surface area contributed by atoms with Gasteiger partial charge in [-0.1, -0.05) is 0 Å². The molecule has 1 aliphatic rings. The van der Waals surface area contributed by atoms with Crippen LogP contribution in [0.1, 0.15) is 19.8 Å². The number of rotatable bonds is 4. The summed E-state index contributed by atoms with van der Waals surface area (Å²) in [5, 5.41) is 3.17. The van der Waals surface area contributed by atoms with Crippen LogP contribution in [0, 0.1) is 0 Å². The van der Waals surface area contributed by atoms with Crippen LogP contribution < -0.4 is 5.32 Å². The molecule has 16 heavy (non-hydrogen) atoms. The van der Waals surface area contributed by atoms with Gasteiger partial charge in [0.25, 0.3) is 0 Å². The van der Waals surface area contributed by atoms with Crippen molar-refractivity contribution in [3.05, 3.63) is 0 Å². The summed E-state index contributed by atoms with van der Waals surface area (Å²) in [5.74, 6) is -0.245. The second-order valence-corrected chi connectivity index (χ2v) is 3.44. The Morgan fingerprint density at radius 2 is 1.88 bits per heavy atom. The van der Waals surface area contributed by atoms with Gasteiger partial charge >= 0.3 is 5.97 Å². The molecule has 1 saturated heterocycles. The predicted octanol–water partition coefficient (Wildman–Crippen LogP) is 0.183. The Balaban J connectivity index is 0.00000225. The number of ether oxygens (including phenoxy) is 1. The third-order valence-electron chi connectivity index (χ3n) is 2.32. The third-order valence-corrected chi connectivity index (χ3v) is 2.32. The summed E-state index contributed by atoms with van der Waals surface area (Å²) in [6.07, 6.45) is 0.454. The maximum absolute atomic E-state index is 11.6. The van der Waals surface area contributed by atoms with Crippen molar-refractivity contribution < 1.29 is 14.3 Å². The van der Waals surface area contributed by atoms with Crippen molar-refractivity contribution in [3.8, 4) is 0 Å². The van der Waals surface area contributed by atoms with Crippen LogP contribution in [0.25, 0.3) is 0 Å². The second-order valence-electron chi connectivity index (χ2n) is 3.44. The van der Waals surface area contributed by atoms with E-state index in [2.05, 4.69) is 5.32 Å². The van der Waals surface area contributed by atoms with Crippen molar-refractivity contribution in [2.24, 2.45) is 0 Å². The average molecular weight is 251 g/mol. The molecule has 0 bridgehead atoms. The molecular formula is C10H19ClN2O3. The fraction of sp³-hybridized carbons (Fsp3) is 0.800. The Kier molecular flexibility index (Phi) is 7.93. The molecule has 1 rings (SSSR count). The lowest BCUT2D eigenvalue weighted by Gasteiger charge is -2.27. The number of nitrogens with zero attached hydrogens (tertiary/aromatic N) is 1. The first-order valence-corrected chi connectivity index (χ1v) is 5.38. The summed E-state index contributed by atoms with van der Waals surface area (Å²) >= 11 is 0. The molecule has 0 aliphatic carbocycles. The lowest BCUT2D eigenvalue weighted by Crippen LogP contribution is -2.46. The Labute approximate surface area is 102 Å². The molecule has 0 saturated carbocycles. The normalized spacial score (nSPS) is 15.2. The number of hydrogen-bond acceptors (Lipinski definition) is 4. The van der Waals surface area contributed by atoms with Crippen LogP contribution in [-0.2, 0) is 14.3 Å². The minimum absolute atomic E-state index is 0. The smallest absolute Gasteiger partial charge is 0.306 e. The first-order valence-electron chi connectivity index (χ1n) is 5.38. The molecule has 0 aromatic carbocycles. The zero-order valence-corrected chi connectivity index (χ0v) is 10.3. The van der Waals surface area contributed by atoms with Crippen LogP contribution in [0.5, 0.6) is 0 Å². The van der Waals surface area contributed by atoms with Gasteiger partial charge in [0.1, 0.15) is 0 Å². The van der Waals surface area contributed by atoms with Crippen LogP contribution >= 0.6 is 12.4 Å². The molecule has 0 unspecified atom stereocenters. The van der Waals surface area contributed by atoms with Gasteiger partial charge in [0.15, 0.2) is 0 Å². The van der Waals surface area contributed by atoms with Crippen LogP contribution in [0.15, 0.2) is 0 Å². The van der Waals surface area contributed by atoms with Gasteiger partial charge in [-0.3, -0.25) is 9.59 Å². The molecule has 0 radical (unpaired) electrons. The topological polar surface area (TPSA) is 58.6 Å². The SMILES string of the molecule is CCOC(=O)CCC(=O)N1CCNCC1.Cl. The summed E-state index contributed by atoms with van der Waals surface area (Å²) in [7, 11) is 0. The van der Waals surface area contributed by atoms with Gasteiger partial charge < -0.3 is 15.0 Å². The van der Waals surface area contributed by atoms with Gasteiger partial charge in [0.05, 0.1) is 13.0 Å². The molecule has 1 N–H and O–H groups in total. The van der Waals surface area contributed by atoms with E-state index in [1.807, 2.05) is 0 Å². The van der Waals surface area contributed by atoms with Crippen LogP contribution in [0.3, 0.4) is 0 Å². The Bertz CT molecular complexity index is 230. The summed E-state index contributed by atoms with van der Waals surface area (Å²) in [6.45, 7) is 5.29. The fourth-order valence-corrected chi connectivity index (χ4v) is 1.51. The number of carbonyl (C=O) groups excluding carboxylic acids is 2. The van der Waals surface area contributed by atoms with E-state index in [0.29, 0.717) is 6.61 Å². The van der Waals surface area contributed by atoms with Crippen LogP contribution in [0.2, 0.25) is 0 Å². The van der Waals surface area contributed by atoms with Gasteiger partial charge in [0, 0.05) is 32.6 Å². The number of hydrogen-bond donors (Lipinski definition) is 1. The summed E-state index contributed by atoms with van der Waals surface area (Å²) in [6, 6.07) is 0. The molecule has 0 atom stereocenters. The van der Waals surface area contributed by atoms with E-state index in [4.69, 9.17) is 4.74 Å². The maximum Gasteiger partial charge on any atom is 0.306 e. The molecule has 5 nitrogen and oxygen atoms in total. The zero-order valence-electron chi connectivity index (χ0n) is 9.53. The highest BCUT2D eigenvalue weighted by molar-refractivity contribution is 5.85. The highest BCUT2D eigenvalue weighted by Crippen LogP contribution is 2.01. The van der Waals surface area contributed by atoms with Crippen molar-refractivity contribution in [3.63, 3.8) is 0 Å². The molecule has 6 heteroatoms. The number of carbonyl (C=O) groups is 2. The molecule has 1 heterocycles. The van der Waals surface area contributed by atoms with Crippen molar-refractivity contribution in [1.82, 2.24) is 10.2 Å². The standard InChI is InChI=1S/C10H18N2O3.ClH/c1-2-15-10(14)4-3-9(13)12-7-5-11-6-8-12;/h11H,2-8H2,1H3;1H. The molecule has 1 amide bonds. The monoisotopic (exact) mass is 250 g/mol. The number of piperazine rings is 1. The summed E-state index contributed by atoms with van der Waals surface area (Å²) in [4.78, 5) is 24.4. The van der Waals surface area contributed by atoms with Crippen LogP contribution in [-0.4, -0.2) is 49.6 Å².